The fourth-order valence-corrected chi connectivity index (χ4v) is 4.98. The van der Waals surface area contributed by atoms with Crippen LogP contribution < -0.4 is 4.57 Å². The van der Waals surface area contributed by atoms with Gasteiger partial charge in [-0.15, -0.1) is 0 Å². The van der Waals surface area contributed by atoms with Crippen molar-refractivity contribution in [2.45, 2.75) is 33.6 Å². The van der Waals surface area contributed by atoms with E-state index >= 15 is 0 Å². The van der Waals surface area contributed by atoms with Crippen LogP contribution in [0.15, 0.2) is 84.9 Å². The van der Waals surface area contributed by atoms with E-state index < -0.39 is 0 Å². The molecule has 0 radical (unpaired) electrons. The first-order valence-corrected chi connectivity index (χ1v) is 11.3. The van der Waals surface area contributed by atoms with Crippen LogP contribution in [0.5, 0.6) is 0 Å². The molecule has 2 heterocycles. The normalized spacial score (nSPS) is 11.6. The van der Waals surface area contributed by atoms with Gasteiger partial charge in [-0.2, -0.15) is 4.57 Å². The summed E-state index contributed by atoms with van der Waals surface area (Å²) in [7, 11) is 2.18. The van der Waals surface area contributed by atoms with Gasteiger partial charge in [-0.05, 0) is 67.3 Å². The second-order valence-corrected chi connectivity index (χ2v) is 8.91. The predicted octanol–water partition coefficient (Wildman–Crippen LogP) is 6.65. The van der Waals surface area contributed by atoms with Gasteiger partial charge in [0.05, 0.1) is 7.05 Å². The quantitative estimate of drug-likeness (QED) is 0.289. The Kier molecular flexibility index (Phi) is 4.97. The van der Waals surface area contributed by atoms with Gasteiger partial charge in [-0.25, -0.2) is 4.57 Å². The molecule has 32 heavy (non-hydrogen) atoms. The van der Waals surface area contributed by atoms with Gasteiger partial charge < -0.3 is 4.57 Å². The molecule has 0 unspecified atom stereocenters. The van der Waals surface area contributed by atoms with Gasteiger partial charge >= 0.3 is 5.82 Å². The van der Waals surface area contributed by atoms with Crippen molar-refractivity contribution in [3.63, 3.8) is 0 Å². The summed E-state index contributed by atoms with van der Waals surface area (Å²) in [4.78, 5) is 0. The summed E-state index contributed by atoms with van der Waals surface area (Å²) < 4.78 is 7.17. The molecule has 0 bridgehead atoms. The molecule has 5 rings (SSSR count). The zero-order valence-corrected chi connectivity index (χ0v) is 19.5. The van der Waals surface area contributed by atoms with E-state index in [1.807, 2.05) is 0 Å². The molecule has 5 aromatic rings. The number of nitrogens with zero attached hydrogens (tertiary/aromatic N) is 3. The van der Waals surface area contributed by atoms with Crippen molar-refractivity contribution in [1.82, 2.24) is 9.13 Å². The largest absolute Gasteiger partial charge is 0.312 e. The lowest BCUT2D eigenvalue weighted by Crippen LogP contribution is -2.31. The Morgan fingerprint density at radius 2 is 1.41 bits per heavy atom. The second-order valence-electron chi connectivity index (χ2n) is 8.91. The van der Waals surface area contributed by atoms with Gasteiger partial charge in [0.2, 0.25) is 0 Å². The summed E-state index contributed by atoms with van der Waals surface area (Å²) >= 11 is 0. The molecule has 0 saturated carbocycles. The molecule has 0 N–H and O–H groups in total. The highest BCUT2D eigenvalue weighted by Gasteiger charge is 2.31. The maximum Gasteiger partial charge on any atom is 0.312 e. The number of imidazole rings is 1. The van der Waals surface area contributed by atoms with Crippen LogP contribution in [0.1, 0.15) is 36.6 Å². The number of para-hydroxylation sites is 4. The fourth-order valence-electron chi connectivity index (χ4n) is 4.98. The van der Waals surface area contributed by atoms with Crippen molar-refractivity contribution in [2.24, 2.45) is 7.05 Å². The highest BCUT2D eigenvalue weighted by atomic mass is 15.2. The highest BCUT2D eigenvalue weighted by Crippen LogP contribution is 2.35. The molecular weight excluding hydrogens is 390 g/mol. The molecule has 0 fully saturated rings. The Morgan fingerprint density at radius 3 is 2.16 bits per heavy atom. The van der Waals surface area contributed by atoms with Crippen LogP contribution >= 0.6 is 0 Å². The van der Waals surface area contributed by atoms with Crippen LogP contribution in [0.25, 0.3) is 33.9 Å². The molecule has 0 amide bonds. The molecule has 0 atom stereocenters. The van der Waals surface area contributed by atoms with Crippen molar-refractivity contribution in [1.29, 1.82) is 0 Å². The summed E-state index contributed by atoms with van der Waals surface area (Å²) in [6, 6.07) is 30.4. The van der Waals surface area contributed by atoms with Gasteiger partial charge in [0.25, 0.3) is 0 Å². The number of aromatic nitrogens is 3. The van der Waals surface area contributed by atoms with Crippen molar-refractivity contribution in [3.05, 3.63) is 102 Å². The van der Waals surface area contributed by atoms with Gasteiger partial charge in [-0.3, -0.25) is 0 Å². The Hall–Kier alpha value is -3.59. The lowest BCUT2D eigenvalue weighted by Gasteiger charge is -2.18. The van der Waals surface area contributed by atoms with E-state index in [0.717, 1.165) is 0 Å². The maximum atomic E-state index is 2.44. The first-order valence-electron chi connectivity index (χ1n) is 11.3. The number of rotatable bonds is 4. The van der Waals surface area contributed by atoms with Crippen molar-refractivity contribution in [2.75, 3.05) is 0 Å². The summed E-state index contributed by atoms with van der Waals surface area (Å²) in [5, 5.41) is 0. The molecular formula is C29H30N3+. The zero-order chi connectivity index (χ0) is 22.4. The van der Waals surface area contributed by atoms with E-state index in [4.69, 9.17) is 0 Å². The number of benzene rings is 3. The molecule has 0 aliphatic heterocycles. The summed E-state index contributed by atoms with van der Waals surface area (Å²) in [5.41, 5.74) is 9.96. The highest BCUT2D eigenvalue weighted by molar-refractivity contribution is 5.79. The smallest absolute Gasteiger partial charge is 0.307 e. The Morgan fingerprint density at radius 1 is 0.750 bits per heavy atom. The van der Waals surface area contributed by atoms with E-state index in [2.05, 4.69) is 133 Å². The maximum absolute atomic E-state index is 2.44. The van der Waals surface area contributed by atoms with Crippen LogP contribution in [-0.4, -0.2) is 9.13 Å². The third kappa shape index (κ3) is 3.08. The van der Waals surface area contributed by atoms with Crippen LogP contribution in [0, 0.1) is 13.8 Å². The molecule has 0 aliphatic rings. The van der Waals surface area contributed by atoms with E-state index in [-0.39, 0.29) is 0 Å². The minimum Gasteiger partial charge on any atom is -0.307 e. The first kappa shape index (κ1) is 20.3. The van der Waals surface area contributed by atoms with E-state index in [9.17, 15) is 0 Å². The number of hydrogen-bond donors (Lipinski definition) is 0. The molecule has 2 aromatic heterocycles. The molecule has 3 nitrogen and oxygen atoms in total. The third-order valence-electron chi connectivity index (χ3n) is 6.41. The van der Waals surface area contributed by atoms with Gasteiger partial charge in [0, 0.05) is 11.4 Å². The van der Waals surface area contributed by atoms with E-state index in [0.29, 0.717) is 5.92 Å². The third-order valence-corrected chi connectivity index (χ3v) is 6.41. The Bertz CT molecular complexity index is 1420. The SMILES string of the molecule is Cc1cc(C)n(-c2ccccc2C(C)C)c1-c1n(-c2ccccc2)c2ccccc2[n+]1C. The van der Waals surface area contributed by atoms with Crippen LogP contribution in [0.3, 0.4) is 0 Å². The molecule has 0 saturated heterocycles. The molecule has 0 aliphatic carbocycles. The Labute approximate surface area is 190 Å². The van der Waals surface area contributed by atoms with Crippen LogP contribution in [0.4, 0.5) is 0 Å². The van der Waals surface area contributed by atoms with E-state index in [1.165, 1.54) is 50.7 Å². The van der Waals surface area contributed by atoms with Gasteiger partial charge in [-0.1, -0.05) is 62.4 Å². The molecule has 160 valence electrons. The summed E-state index contributed by atoms with van der Waals surface area (Å²) in [5.74, 6) is 1.62. The average molecular weight is 421 g/mol. The second kappa shape index (κ2) is 7.83. The monoisotopic (exact) mass is 420 g/mol. The number of hydrogen-bond acceptors (Lipinski definition) is 0. The van der Waals surface area contributed by atoms with Crippen molar-refractivity contribution < 1.29 is 4.57 Å². The minimum atomic E-state index is 0.440. The number of aryl methyl sites for hydroxylation is 3. The molecule has 0 spiro atoms. The predicted molar refractivity (Wildman–Crippen MR) is 133 cm³/mol. The fraction of sp³-hybridized carbons (Fsp3) is 0.207. The molecule has 3 heteroatoms. The molecule has 3 aromatic carbocycles. The van der Waals surface area contributed by atoms with Crippen LogP contribution in [0.2, 0.25) is 0 Å². The van der Waals surface area contributed by atoms with Crippen molar-refractivity contribution >= 4 is 11.0 Å². The van der Waals surface area contributed by atoms with Crippen LogP contribution in [-0.2, 0) is 7.05 Å². The topological polar surface area (TPSA) is 13.7 Å². The lowest BCUT2D eigenvalue weighted by atomic mass is 10.0. The van der Waals surface area contributed by atoms with Gasteiger partial charge in [0.15, 0.2) is 11.0 Å². The minimum absolute atomic E-state index is 0.440. The first-order chi connectivity index (χ1) is 15.5. The zero-order valence-electron chi connectivity index (χ0n) is 19.5. The van der Waals surface area contributed by atoms with Crippen molar-refractivity contribution in [3.8, 4) is 22.9 Å². The average Bonchev–Trinajstić information content (AvgIpc) is 3.26. The van der Waals surface area contributed by atoms with Gasteiger partial charge in [0.1, 0.15) is 11.4 Å². The standard InChI is InChI=1S/C29H30N3/c1-20(2)24-15-9-10-16-25(24)31-22(4)19-21(3)28(31)29-30(5)26-17-11-12-18-27(26)32(29)23-13-7-6-8-14-23/h6-20H,1-5H3/q+1. The summed E-state index contributed by atoms with van der Waals surface area (Å²) in [6.45, 7) is 8.98. The number of fused-ring (bicyclic) bond motifs is 1. The summed E-state index contributed by atoms with van der Waals surface area (Å²) in [6.07, 6.45) is 0. The Balaban J connectivity index is 1.92. The lowest BCUT2D eigenvalue weighted by molar-refractivity contribution is -0.634. The van der Waals surface area contributed by atoms with E-state index in [1.54, 1.807) is 0 Å².